The number of ether oxygens (including phenoxy) is 1. The molecule has 0 fully saturated rings. The minimum absolute atomic E-state index is 0.252. The Bertz CT molecular complexity index is 1460. The Morgan fingerprint density at radius 1 is 0.600 bits per heavy atom. The van der Waals surface area contributed by atoms with Crippen LogP contribution in [0.1, 0.15) is 132 Å². The predicted octanol–water partition coefficient (Wildman–Crippen LogP) is 14.0. The molecular weight excluding hydrogens is 724 g/mol. The highest BCUT2D eigenvalue weighted by molar-refractivity contribution is 14.1. The van der Waals surface area contributed by atoms with E-state index in [0.717, 1.165) is 12.8 Å². The largest absolute Gasteiger partial charge is 0.462 e. The van der Waals surface area contributed by atoms with Gasteiger partial charge in [0, 0.05) is 24.4 Å². The zero-order valence-corrected chi connectivity index (χ0v) is 32.4. The van der Waals surface area contributed by atoms with Gasteiger partial charge in [-0.3, -0.25) is 0 Å². The molecule has 4 rings (SSSR count). The average Bonchev–Trinajstić information content (AvgIpc) is 3.76. The Kier molecular flexibility index (Phi) is 15.6. The average molecular weight is 775 g/mol. The van der Waals surface area contributed by atoms with Crippen molar-refractivity contribution in [2.75, 3.05) is 6.61 Å². The van der Waals surface area contributed by atoms with Crippen LogP contribution in [0.3, 0.4) is 0 Å². The summed E-state index contributed by atoms with van der Waals surface area (Å²) in [5.74, 6) is -0.252. The molecule has 2 nitrogen and oxygen atoms in total. The normalized spacial score (nSPS) is 11.4. The van der Waals surface area contributed by atoms with Crippen molar-refractivity contribution in [3.8, 4) is 29.9 Å². The Hall–Kier alpha value is -1.48. The molecule has 0 radical (unpaired) electrons. The second kappa shape index (κ2) is 19.4. The third-order valence-corrected chi connectivity index (χ3v) is 13.5. The Morgan fingerprint density at radius 3 is 1.60 bits per heavy atom. The van der Waals surface area contributed by atoms with Crippen LogP contribution in [0.25, 0.3) is 29.9 Å². The van der Waals surface area contributed by atoms with E-state index in [0.29, 0.717) is 12.2 Å². The van der Waals surface area contributed by atoms with Crippen LogP contribution in [0.4, 0.5) is 0 Å². The molecule has 0 aliphatic heterocycles. The minimum Gasteiger partial charge on any atom is -0.462 e. The van der Waals surface area contributed by atoms with Crippen molar-refractivity contribution in [3.05, 3.63) is 67.6 Å². The van der Waals surface area contributed by atoms with Crippen LogP contribution in [-0.2, 0) is 24.0 Å². The minimum atomic E-state index is -0.252. The van der Waals surface area contributed by atoms with Crippen molar-refractivity contribution in [2.45, 2.75) is 124 Å². The molecule has 0 amide bonds. The Balaban J connectivity index is 1.68. The number of carbonyl (C=O) groups is 1. The van der Waals surface area contributed by atoms with Gasteiger partial charge in [0.1, 0.15) is 0 Å². The molecule has 0 atom stereocenters. The van der Waals surface area contributed by atoms with Gasteiger partial charge in [0.25, 0.3) is 0 Å². The number of rotatable bonds is 20. The number of halogens is 1. The summed E-state index contributed by atoms with van der Waals surface area (Å²) in [5, 5.41) is 0. The summed E-state index contributed by atoms with van der Waals surface area (Å²) in [6.45, 7) is 9.11. The van der Waals surface area contributed by atoms with Gasteiger partial charge in [0.15, 0.2) is 0 Å². The van der Waals surface area contributed by atoms with Gasteiger partial charge in [-0.15, -0.1) is 34.0 Å². The SMILES string of the molecule is CCCCCCc1cc(-c2sc(-c3sc(-c4ccc(C(=O)OCC)cc4)cc3CCCCCC)cc2CCCCCC)sc1I. The van der Waals surface area contributed by atoms with Crippen LogP contribution in [0.15, 0.2) is 42.5 Å². The lowest BCUT2D eigenvalue weighted by Gasteiger charge is -2.02. The first kappa shape index (κ1) is 36.4. The molecule has 4 aromatic rings. The molecule has 244 valence electrons. The number of thiophene rings is 3. The van der Waals surface area contributed by atoms with Gasteiger partial charge >= 0.3 is 5.97 Å². The molecule has 45 heavy (non-hydrogen) atoms. The van der Waals surface area contributed by atoms with Gasteiger partial charge < -0.3 is 4.74 Å². The third-order valence-electron chi connectivity index (χ3n) is 8.40. The molecule has 0 bridgehead atoms. The smallest absolute Gasteiger partial charge is 0.338 e. The van der Waals surface area contributed by atoms with Crippen LogP contribution < -0.4 is 0 Å². The Morgan fingerprint density at radius 2 is 1.07 bits per heavy atom. The van der Waals surface area contributed by atoms with E-state index in [1.807, 2.05) is 53.1 Å². The lowest BCUT2D eigenvalue weighted by Crippen LogP contribution is -2.03. The number of aryl methyl sites for hydroxylation is 3. The Labute approximate surface area is 298 Å². The van der Waals surface area contributed by atoms with Gasteiger partial charge in [-0.05, 0) is 121 Å². The lowest BCUT2D eigenvalue weighted by atomic mass is 10.0. The summed E-state index contributed by atoms with van der Waals surface area (Å²) in [6.07, 6.45) is 18.9. The highest BCUT2D eigenvalue weighted by Crippen LogP contribution is 2.47. The monoisotopic (exact) mass is 774 g/mol. The van der Waals surface area contributed by atoms with Crippen LogP contribution in [0.5, 0.6) is 0 Å². The fourth-order valence-corrected chi connectivity index (χ4v) is 10.6. The molecule has 0 aliphatic carbocycles. The number of benzene rings is 1. The van der Waals surface area contributed by atoms with E-state index in [1.54, 1.807) is 5.56 Å². The molecule has 1 aromatic carbocycles. The van der Waals surface area contributed by atoms with Crippen LogP contribution >= 0.6 is 56.6 Å². The number of hydrogen-bond acceptors (Lipinski definition) is 5. The third kappa shape index (κ3) is 10.5. The maximum absolute atomic E-state index is 12.3. The van der Waals surface area contributed by atoms with Gasteiger partial charge in [-0.25, -0.2) is 4.79 Å². The maximum Gasteiger partial charge on any atom is 0.338 e. The van der Waals surface area contributed by atoms with Gasteiger partial charge in [0.2, 0.25) is 0 Å². The summed E-state index contributed by atoms with van der Waals surface area (Å²) in [5.41, 5.74) is 6.34. The van der Waals surface area contributed by atoms with Gasteiger partial charge in [-0.2, -0.15) is 0 Å². The molecule has 3 heterocycles. The number of unbranched alkanes of at least 4 members (excludes halogenated alkanes) is 9. The van der Waals surface area contributed by atoms with Crippen LogP contribution in [0, 0.1) is 2.88 Å². The van der Waals surface area contributed by atoms with Crippen molar-refractivity contribution >= 4 is 62.6 Å². The molecule has 0 saturated heterocycles. The van der Waals surface area contributed by atoms with E-state index < -0.39 is 0 Å². The summed E-state index contributed by atoms with van der Waals surface area (Å²) in [7, 11) is 0. The van der Waals surface area contributed by atoms with Crippen molar-refractivity contribution in [1.82, 2.24) is 0 Å². The predicted molar refractivity (Wildman–Crippen MR) is 209 cm³/mol. The second-order valence-electron chi connectivity index (χ2n) is 12.1. The number of hydrogen-bond donors (Lipinski definition) is 0. The van der Waals surface area contributed by atoms with E-state index in [1.165, 1.54) is 127 Å². The summed E-state index contributed by atoms with van der Waals surface area (Å²) < 4.78 is 6.68. The fourth-order valence-electron chi connectivity index (χ4n) is 5.80. The van der Waals surface area contributed by atoms with Crippen molar-refractivity contribution in [1.29, 1.82) is 0 Å². The molecular formula is C39H51IO2S3. The molecule has 0 aliphatic rings. The highest BCUT2D eigenvalue weighted by atomic mass is 127. The van der Waals surface area contributed by atoms with Crippen LogP contribution in [0.2, 0.25) is 0 Å². The van der Waals surface area contributed by atoms with E-state index in [9.17, 15) is 4.79 Å². The highest BCUT2D eigenvalue weighted by Gasteiger charge is 2.20. The molecule has 3 aromatic heterocycles. The summed E-state index contributed by atoms with van der Waals surface area (Å²) in [6, 6.07) is 15.4. The first-order valence-corrected chi connectivity index (χ1v) is 20.8. The van der Waals surface area contributed by atoms with Gasteiger partial charge in [-0.1, -0.05) is 90.7 Å². The van der Waals surface area contributed by atoms with Crippen molar-refractivity contribution in [3.63, 3.8) is 0 Å². The molecule has 0 saturated carbocycles. The maximum atomic E-state index is 12.3. The van der Waals surface area contributed by atoms with E-state index in [-0.39, 0.29) is 5.97 Å². The standard InChI is InChI=1S/C39H51IO2S3/c1-5-9-12-15-18-30-25-33(28-21-23-29(24-22-28)39(41)42-8-4)43-36(30)34-26-31(19-16-13-10-6-2)37(44-34)35-27-32(38(40)45-35)20-17-14-11-7-3/h21-27H,5-20H2,1-4H3. The number of carbonyl (C=O) groups excluding carboxylic acids is 1. The van der Waals surface area contributed by atoms with E-state index >= 15 is 0 Å². The zero-order valence-electron chi connectivity index (χ0n) is 27.8. The zero-order chi connectivity index (χ0) is 32.0. The first-order valence-electron chi connectivity index (χ1n) is 17.3. The van der Waals surface area contributed by atoms with Crippen LogP contribution in [-0.4, -0.2) is 12.6 Å². The first-order chi connectivity index (χ1) is 22.0. The summed E-state index contributed by atoms with van der Waals surface area (Å²) >= 11 is 8.52. The quantitative estimate of drug-likeness (QED) is 0.0508. The van der Waals surface area contributed by atoms with Gasteiger partial charge in [0.05, 0.1) is 15.1 Å². The van der Waals surface area contributed by atoms with Crippen molar-refractivity contribution in [2.24, 2.45) is 0 Å². The summed E-state index contributed by atoms with van der Waals surface area (Å²) in [4.78, 5) is 19.4. The molecule has 0 spiro atoms. The lowest BCUT2D eigenvalue weighted by molar-refractivity contribution is 0.0526. The number of esters is 1. The van der Waals surface area contributed by atoms with E-state index in [2.05, 4.69) is 73.7 Å². The van der Waals surface area contributed by atoms with E-state index in [4.69, 9.17) is 4.74 Å². The molecule has 0 unspecified atom stereocenters. The molecule has 6 heteroatoms. The second-order valence-corrected chi connectivity index (χ2v) is 17.0. The fraction of sp³-hybridized carbons (Fsp3) is 0.513. The topological polar surface area (TPSA) is 26.3 Å². The molecule has 0 N–H and O–H groups in total. The van der Waals surface area contributed by atoms with Crippen molar-refractivity contribution < 1.29 is 9.53 Å².